The Labute approximate surface area is 137 Å². The van der Waals surface area contributed by atoms with Crippen molar-refractivity contribution in [3.63, 3.8) is 0 Å². The first-order valence-corrected chi connectivity index (χ1v) is 9.37. The highest BCUT2D eigenvalue weighted by Crippen LogP contribution is 2.36. The fourth-order valence-corrected chi connectivity index (χ4v) is 5.02. The van der Waals surface area contributed by atoms with Crippen molar-refractivity contribution in [2.24, 2.45) is 0 Å². The van der Waals surface area contributed by atoms with Crippen molar-refractivity contribution < 1.29 is 22.6 Å². The normalized spacial score (nSPS) is 29.2. The molecule has 0 amide bonds. The number of hydrogen-bond acceptors (Lipinski definition) is 5. The van der Waals surface area contributed by atoms with Crippen LogP contribution in [0, 0.1) is 0 Å². The molecule has 0 radical (unpaired) electrons. The largest absolute Gasteiger partial charge is 0.379 e. The van der Waals surface area contributed by atoms with E-state index in [2.05, 4.69) is 0 Å². The third kappa shape index (κ3) is 3.29. The molecule has 7 heteroatoms. The van der Waals surface area contributed by atoms with Gasteiger partial charge in [0.25, 0.3) is 0 Å². The van der Waals surface area contributed by atoms with Gasteiger partial charge in [0.15, 0.2) is 0 Å². The molecule has 128 valence electrons. The second-order valence-corrected chi connectivity index (χ2v) is 7.83. The molecular formula is C16H23NO5S. The van der Waals surface area contributed by atoms with Crippen molar-refractivity contribution in [1.82, 2.24) is 4.31 Å². The van der Waals surface area contributed by atoms with Gasteiger partial charge in [-0.1, -0.05) is 18.2 Å². The molecular weight excluding hydrogens is 318 g/mol. The summed E-state index contributed by atoms with van der Waals surface area (Å²) in [6.45, 7) is 4.50. The van der Waals surface area contributed by atoms with Crippen LogP contribution in [0.15, 0.2) is 35.2 Å². The lowest BCUT2D eigenvalue weighted by Crippen LogP contribution is -2.59. The molecule has 0 saturated carbocycles. The SMILES string of the molecule is CCOC[C@H]1C[C@@]2(COCCN2S(=O)(=O)c2ccccc2)CO1. The predicted molar refractivity (Wildman–Crippen MR) is 84.7 cm³/mol. The van der Waals surface area contributed by atoms with Crippen LogP contribution in [-0.2, 0) is 24.2 Å². The quantitative estimate of drug-likeness (QED) is 0.807. The molecule has 1 aromatic rings. The van der Waals surface area contributed by atoms with E-state index >= 15 is 0 Å². The van der Waals surface area contributed by atoms with Gasteiger partial charge in [-0.25, -0.2) is 8.42 Å². The van der Waals surface area contributed by atoms with Crippen LogP contribution >= 0.6 is 0 Å². The van der Waals surface area contributed by atoms with Crippen molar-refractivity contribution in [2.75, 3.05) is 39.6 Å². The molecule has 0 unspecified atom stereocenters. The third-order valence-electron chi connectivity index (χ3n) is 4.37. The second-order valence-electron chi connectivity index (χ2n) is 5.96. The van der Waals surface area contributed by atoms with Gasteiger partial charge in [-0.05, 0) is 25.5 Å². The van der Waals surface area contributed by atoms with Crippen molar-refractivity contribution in [1.29, 1.82) is 0 Å². The molecule has 23 heavy (non-hydrogen) atoms. The van der Waals surface area contributed by atoms with Crippen LogP contribution in [0.4, 0.5) is 0 Å². The van der Waals surface area contributed by atoms with Gasteiger partial charge in [0.2, 0.25) is 10.0 Å². The molecule has 2 heterocycles. The predicted octanol–water partition coefficient (Wildman–Crippen LogP) is 1.27. The first-order chi connectivity index (χ1) is 11.1. The fourth-order valence-electron chi connectivity index (χ4n) is 3.26. The lowest BCUT2D eigenvalue weighted by molar-refractivity contribution is -0.0315. The zero-order chi connectivity index (χ0) is 16.3. The van der Waals surface area contributed by atoms with Gasteiger partial charge in [0.1, 0.15) is 0 Å². The van der Waals surface area contributed by atoms with E-state index in [-0.39, 0.29) is 6.10 Å². The summed E-state index contributed by atoms with van der Waals surface area (Å²) in [7, 11) is -3.57. The number of benzene rings is 1. The van der Waals surface area contributed by atoms with Gasteiger partial charge in [-0.15, -0.1) is 0 Å². The molecule has 2 aliphatic rings. The van der Waals surface area contributed by atoms with Crippen molar-refractivity contribution in [3.05, 3.63) is 30.3 Å². The summed E-state index contributed by atoms with van der Waals surface area (Å²) in [5.74, 6) is 0. The first-order valence-electron chi connectivity index (χ1n) is 7.93. The molecule has 0 aromatic heterocycles. The Hall–Kier alpha value is -0.990. The first kappa shape index (κ1) is 16.9. The second kappa shape index (κ2) is 6.86. The summed E-state index contributed by atoms with van der Waals surface area (Å²) in [6.07, 6.45) is 0.504. The molecule has 0 bridgehead atoms. The number of ether oxygens (including phenoxy) is 3. The van der Waals surface area contributed by atoms with Crippen molar-refractivity contribution >= 4 is 10.0 Å². The van der Waals surface area contributed by atoms with Gasteiger partial charge < -0.3 is 14.2 Å². The molecule has 3 rings (SSSR count). The monoisotopic (exact) mass is 341 g/mol. The van der Waals surface area contributed by atoms with E-state index in [1.807, 2.05) is 13.0 Å². The Bertz CT molecular complexity index is 621. The summed E-state index contributed by atoms with van der Waals surface area (Å²) >= 11 is 0. The van der Waals surface area contributed by atoms with Crippen LogP contribution in [-0.4, -0.2) is 63.9 Å². The van der Waals surface area contributed by atoms with E-state index in [9.17, 15) is 8.42 Å². The number of morpholine rings is 1. The minimum absolute atomic E-state index is 0.0925. The lowest BCUT2D eigenvalue weighted by atomic mass is 9.96. The van der Waals surface area contributed by atoms with Crippen molar-refractivity contribution in [3.8, 4) is 0 Å². The molecule has 6 nitrogen and oxygen atoms in total. The average molecular weight is 341 g/mol. The van der Waals surface area contributed by atoms with E-state index in [0.717, 1.165) is 0 Å². The van der Waals surface area contributed by atoms with Crippen molar-refractivity contribution in [2.45, 2.75) is 29.9 Å². The maximum absolute atomic E-state index is 13.1. The summed E-state index contributed by atoms with van der Waals surface area (Å²) < 4.78 is 44.5. The smallest absolute Gasteiger partial charge is 0.243 e. The van der Waals surface area contributed by atoms with E-state index in [4.69, 9.17) is 14.2 Å². The Morgan fingerprint density at radius 1 is 1.30 bits per heavy atom. The van der Waals surface area contributed by atoms with Gasteiger partial charge >= 0.3 is 0 Å². The van der Waals surface area contributed by atoms with E-state index in [1.54, 1.807) is 28.6 Å². The van der Waals surface area contributed by atoms with Crippen LogP contribution in [0.5, 0.6) is 0 Å². The molecule has 2 atom stereocenters. The summed E-state index contributed by atoms with van der Waals surface area (Å²) in [6, 6.07) is 8.55. The molecule has 0 N–H and O–H groups in total. The average Bonchev–Trinajstić information content (AvgIpc) is 2.97. The summed E-state index contributed by atoms with van der Waals surface area (Å²) in [5.41, 5.74) is -0.630. The maximum Gasteiger partial charge on any atom is 0.243 e. The van der Waals surface area contributed by atoms with Gasteiger partial charge in [-0.2, -0.15) is 4.31 Å². The van der Waals surface area contributed by atoms with Gasteiger partial charge in [0.05, 0.1) is 43.0 Å². The standard InChI is InChI=1S/C16H23NO5S/c1-2-20-11-14-10-16(13-22-14)12-21-9-8-17(16)23(18,19)15-6-4-3-5-7-15/h3-7,14H,2,8-13H2,1H3/t14-,16-/m1/s1. The van der Waals surface area contributed by atoms with Crippen LogP contribution in [0.1, 0.15) is 13.3 Å². The van der Waals surface area contributed by atoms with Crippen LogP contribution in [0.2, 0.25) is 0 Å². The van der Waals surface area contributed by atoms with Crippen LogP contribution in [0.25, 0.3) is 0 Å². The van der Waals surface area contributed by atoms with Gasteiger partial charge in [-0.3, -0.25) is 0 Å². The Balaban J connectivity index is 1.85. The molecule has 2 saturated heterocycles. The Morgan fingerprint density at radius 3 is 2.83 bits per heavy atom. The van der Waals surface area contributed by atoms with Crippen LogP contribution in [0.3, 0.4) is 0 Å². The highest BCUT2D eigenvalue weighted by molar-refractivity contribution is 7.89. The number of nitrogens with zero attached hydrogens (tertiary/aromatic N) is 1. The Kier molecular flexibility index (Phi) is 5.03. The van der Waals surface area contributed by atoms with E-state index < -0.39 is 15.6 Å². The number of sulfonamides is 1. The summed E-state index contributed by atoms with van der Waals surface area (Å²) in [5, 5.41) is 0. The minimum Gasteiger partial charge on any atom is -0.379 e. The van der Waals surface area contributed by atoms with Crippen LogP contribution < -0.4 is 0 Å². The highest BCUT2D eigenvalue weighted by atomic mass is 32.2. The van der Waals surface area contributed by atoms with E-state index in [1.165, 1.54) is 0 Å². The zero-order valence-electron chi connectivity index (χ0n) is 13.3. The topological polar surface area (TPSA) is 65.1 Å². The third-order valence-corrected chi connectivity index (χ3v) is 6.39. The number of hydrogen-bond donors (Lipinski definition) is 0. The maximum atomic E-state index is 13.1. The fraction of sp³-hybridized carbons (Fsp3) is 0.625. The molecule has 2 aliphatic heterocycles. The lowest BCUT2D eigenvalue weighted by Gasteiger charge is -2.42. The minimum atomic E-state index is -3.57. The summed E-state index contributed by atoms with van der Waals surface area (Å²) in [4.78, 5) is 0.314. The highest BCUT2D eigenvalue weighted by Gasteiger charge is 2.51. The Morgan fingerprint density at radius 2 is 2.09 bits per heavy atom. The molecule has 2 fully saturated rings. The number of rotatable bonds is 5. The molecule has 1 aromatic carbocycles. The zero-order valence-corrected chi connectivity index (χ0v) is 14.1. The van der Waals surface area contributed by atoms with Gasteiger partial charge in [0, 0.05) is 13.2 Å². The molecule has 1 spiro atoms. The molecule has 0 aliphatic carbocycles. The van der Waals surface area contributed by atoms with E-state index in [0.29, 0.717) is 50.9 Å².